The van der Waals surface area contributed by atoms with E-state index in [0.29, 0.717) is 11.5 Å². The van der Waals surface area contributed by atoms with Crippen molar-refractivity contribution in [2.75, 3.05) is 5.73 Å². The zero-order chi connectivity index (χ0) is 21.7. The van der Waals surface area contributed by atoms with Gasteiger partial charge >= 0.3 is 0 Å². The first-order valence-electron chi connectivity index (χ1n) is 10.4. The van der Waals surface area contributed by atoms with E-state index in [2.05, 4.69) is 39.2 Å². The van der Waals surface area contributed by atoms with Crippen LogP contribution in [0.3, 0.4) is 0 Å². The predicted octanol–water partition coefficient (Wildman–Crippen LogP) is 5.57. The van der Waals surface area contributed by atoms with Gasteiger partial charge in [-0.1, -0.05) is 25.1 Å². The maximum absolute atomic E-state index is 6.12. The Hall–Kier alpha value is -4.39. The third kappa shape index (κ3) is 2.94. The van der Waals surface area contributed by atoms with Gasteiger partial charge in [-0.2, -0.15) is 5.10 Å². The minimum absolute atomic E-state index is 0.638. The highest BCUT2D eigenvalue weighted by molar-refractivity contribution is 5.97. The highest BCUT2D eigenvalue weighted by Gasteiger charge is 2.16. The van der Waals surface area contributed by atoms with E-state index in [1.165, 1.54) is 5.56 Å². The average molecular weight is 420 g/mol. The second-order valence-electron chi connectivity index (χ2n) is 7.81. The number of nitrogen functional groups attached to an aromatic ring is 1. The normalized spacial score (nSPS) is 11.5. The number of aryl methyl sites for hydroxylation is 1. The summed E-state index contributed by atoms with van der Waals surface area (Å²) in [6.45, 7) is 2.12. The molecule has 0 atom stereocenters. The quantitative estimate of drug-likeness (QED) is 0.323. The summed E-state index contributed by atoms with van der Waals surface area (Å²) >= 11 is 0. The number of H-pyrrole nitrogens is 2. The van der Waals surface area contributed by atoms with Crippen molar-refractivity contribution in [3.05, 3.63) is 72.8 Å². The summed E-state index contributed by atoms with van der Waals surface area (Å²) in [6, 6.07) is 16.2. The maximum Gasteiger partial charge on any atom is 0.181 e. The first-order valence-corrected chi connectivity index (χ1v) is 10.4. The Kier molecular flexibility index (Phi) is 4.07. The number of nitrogens with zero attached hydrogens (tertiary/aromatic N) is 3. The largest absolute Gasteiger partial charge is 0.472 e. The molecule has 4 N–H and O–H groups in total. The van der Waals surface area contributed by atoms with Gasteiger partial charge in [-0.25, -0.2) is 9.97 Å². The van der Waals surface area contributed by atoms with Gasteiger partial charge in [0.15, 0.2) is 11.5 Å². The molecule has 0 radical (unpaired) electrons. The molecule has 0 saturated carbocycles. The van der Waals surface area contributed by atoms with Gasteiger partial charge in [0.1, 0.15) is 5.69 Å². The van der Waals surface area contributed by atoms with Crippen LogP contribution in [0.5, 0.6) is 0 Å². The number of furan rings is 1. The molecule has 0 bridgehead atoms. The number of benzene rings is 2. The number of hydrogen-bond donors (Lipinski definition) is 3. The van der Waals surface area contributed by atoms with Gasteiger partial charge < -0.3 is 15.1 Å². The van der Waals surface area contributed by atoms with Gasteiger partial charge in [-0.05, 0) is 47.9 Å². The third-order valence-electron chi connectivity index (χ3n) is 5.75. The van der Waals surface area contributed by atoms with Gasteiger partial charge in [0, 0.05) is 28.6 Å². The minimum Gasteiger partial charge on any atom is -0.472 e. The second kappa shape index (κ2) is 7.09. The van der Waals surface area contributed by atoms with Crippen molar-refractivity contribution < 1.29 is 4.42 Å². The van der Waals surface area contributed by atoms with Crippen molar-refractivity contribution in [3.8, 4) is 33.8 Å². The van der Waals surface area contributed by atoms with Crippen molar-refractivity contribution in [3.63, 3.8) is 0 Å². The average Bonchev–Trinajstić information content (AvgIpc) is 3.56. The zero-order valence-corrected chi connectivity index (χ0v) is 17.4. The molecule has 0 aliphatic rings. The van der Waals surface area contributed by atoms with Gasteiger partial charge in [-0.15, -0.1) is 0 Å². The van der Waals surface area contributed by atoms with Crippen molar-refractivity contribution in [2.24, 2.45) is 0 Å². The van der Waals surface area contributed by atoms with E-state index in [4.69, 9.17) is 15.1 Å². The standard InChI is InChI=1S/C25H20N6O/c1-2-14-8-16(10-18(26)9-14)17-11-20-23(30-31-24(20)27-12-17)25-28-21-5-3-4-19(22(21)29-25)15-6-7-32-13-15/h3-13H,2,26H2,1H3,(H,28,29)(H,27,30,31). The van der Waals surface area contributed by atoms with Gasteiger partial charge in [0.25, 0.3) is 0 Å². The van der Waals surface area contributed by atoms with Gasteiger partial charge in [0.2, 0.25) is 0 Å². The summed E-state index contributed by atoms with van der Waals surface area (Å²) in [7, 11) is 0. The molecule has 2 aromatic carbocycles. The first-order chi connectivity index (χ1) is 15.7. The molecule has 0 amide bonds. The Bertz CT molecular complexity index is 1580. The molecule has 0 spiro atoms. The predicted molar refractivity (Wildman–Crippen MR) is 126 cm³/mol. The van der Waals surface area contributed by atoms with Crippen molar-refractivity contribution in [2.45, 2.75) is 13.3 Å². The lowest BCUT2D eigenvalue weighted by Gasteiger charge is -2.06. The summed E-state index contributed by atoms with van der Waals surface area (Å²) in [6.07, 6.45) is 6.14. The van der Waals surface area contributed by atoms with Crippen LogP contribution in [-0.2, 0) is 6.42 Å². The number of hydrogen-bond acceptors (Lipinski definition) is 5. The molecule has 32 heavy (non-hydrogen) atoms. The van der Waals surface area contributed by atoms with E-state index >= 15 is 0 Å². The van der Waals surface area contributed by atoms with E-state index in [0.717, 1.165) is 56.5 Å². The van der Waals surface area contributed by atoms with Crippen LogP contribution >= 0.6 is 0 Å². The number of rotatable bonds is 4. The fraction of sp³-hybridized carbons (Fsp3) is 0.0800. The number of fused-ring (bicyclic) bond motifs is 2. The first kappa shape index (κ1) is 18.4. The van der Waals surface area contributed by atoms with E-state index in [9.17, 15) is 0 Å². The lowest BCUT2D eigenvalue weighted by Crippen LogP contribution is -1.91. The van der Waals surface area contributed by atoms with Gasteiger partial charge in [0.05, 0.1) is 28.9 Å². The van der Waals surface area contributed by atoms with Crippen LogP contribution in [-0.4, -0.2) is 25.1 Å². The van der Waals surface area contributed by atoms with E-state index in [1.807, 2.05) is 42.6 Å². The summed E-state index contributed by atoms with van der Waals surface area (Å²) in [5.74, 6) is 0.708. The van der Waals surface area contributed by atoms with E-state index in [1.54, 1.807) is 12.5 Å². The van der Waals surface area contributed by atoms with E-state index < -0.39 is 0 Å². The SMILES string of the molecule is CCc1cc(N)cc(-c2cnc3n[nH]c(-c4nc5c(-c6ccoc6)cccc5[nH]4)c3c2)c1. The van der Waals surface area contributed by atoms with Crippen LogP contribution in [0.15, 0.2) is 71.7 Å². The number of aromatic nitrogens is 5. The monoisotopic (exact) mass is 420 g/mol. The topological polar surface area (TPSA) is 109 Å². The molecule has 6 aromatic rings. The van der Waals surface area contributed by atoms with Crippen LogP contribution in [0.2, 0.25) is 0 Å². The maximum atomic E-state index is 6.12. The highest BCUT2D eigenvalue weighted by Crippen LogP contribution is 2.33. The third-order valence-corrected chi connectivity index (χ3v) is 5.75. The molecule has 0 saturated heterocycles. The summed E-state index contributed by atoms with van der Waals surface area (Å²) < 4.78 is 5.26. The lowest BCUT2D eigenvalue weighted by atomic mass is 10.0. The molecule has 0 fully saturated rings. The fourth-order valence-corrected chi connectivity index (χ4v) is 4.13. The Morgan fingerprint density at radius 3 is 2.81 bits per heavy atom. The molecule has 6 rings (SSSR count). The van der Waals surface area contributed by atoms with Crippen molar-refractivity contribution >= 4 is 27.8 Å². The summed E-state index contributed by atoms with van der Waals surface area (Å²) in [5, 5.41) is 8.39. The number of anilines is 1. The number of pyridine rings is 1. The van der Waals surface area contributed by atoms with E-state index in [-0.39, 0.29) is 0 Å². The van der Waals surface area contributed by atoms with Crippen LogP contribution in [0.4, 0.5) is 5.69 Å². The Morgan fingerprint density at radius 2 is 1.97 bits per heavy atom. The fourth-order valence-electron chi connectivity index (χ4n) is 4.13. The molecule has 0 unspecified atom stereocenters. The summed E-state index contributed by atoms with van der Waals surface area (Å²) in [5.41, 5.74) is 15.3. The van der Waals surface area contributed by atoms with Gasteiger partial charge in [-0.3, -0.25) is 5.10 Å². The molecule has 4 aromatic heterocycles. The molecular formula is C25H20N6O. The number of para-hydroxylation sites is 1. The van der Waals surface area contributed by atoms with Crippen molar-refractivity contribution in [1.82, 2.24) is 25.1 Å². The molecule has 4 heterocycles. The number of imidazole rings is 1. The molecule has 7 nitrogen and oxygen atoms in total. The van der Waals surface area contributed by atoms with Crippen LogP contribution in [0.25, 0.3) is 55.8 Å². The molecular weight excluding hydrogens is 400 g/mol. The molecule has 7 heteroatoms. The number of aromatic amines is 2. The molecule has 0 aliphatic heterocycles. The van der Waals surface area contributed by atoms with Crippen molar-refractivity contribution in [1.29, 1.82) is 0 Å². The number of nitrogens with two attached hydrogens (primary N) is 1. The Labute approximate surface area is 183 Å². The van der Waals surface area contributed by atoms with Crippen LogP contribution in [0.1, 0.15) is 12.5 Å². The smallest absolute Gasteiger partial charge is 0.181 e. The molecule has 156 valence electrons. The highest BCUT2D eigenvalue weighted by atomic mass is 16.3. The second-order valence-corrected chi connectivity index (χ2v) is 7.81. The number of nitrogens with one attached hydrogen (secondary N) is 2. The Balaban J connectivity index is 1.50. The molecule has 0 aliphatic carbocycles. The van der Waals surface area contributed by atoms with Crippen LogP contribution in [0, 0.1) is 0 Å². The van der Waals surface area contributed by atoms with Crippen LogP contribution < -0.4 is 5.73 Å². The minimum atomic E-state index is 0.638. The lowest BCUT2D eigenvalue weighted by molar-refractivity contribution is 0.568. The Morgan fingerprint density at radius 1 is 1.03 bits per heavy atom. The zero-order valence-electron chi connectivity index (χ0n) is 17.4. The summed E-state index contributed by atoms with van der Waals surface area (Å²) in [4.78, 5) is 12.9.